The summed E-state index contributed by atoms with van der Waals surface area (Å²) in [6.45, 7) is 4.23. The van der Waals surface area contributed by atoms with Gasteiger partial charge in [-0.3, -0.25) is 9.69 Å². The van der Waals surface area contributed by atoms with Crippen LogP contribution in [0.4, 0.5) is 4.79 Å². The second-order valence-electron chi connectivity index (χ2n) is 4.65. The van der Waals surface area contributed by atoms with Gasteiger partial charge in [0.25, 0.3) is 0 Å². The summed E-state index contributed by atoms with van der Waals surface area (Å²) in [7, 11) is 1.67. The SMILES string of the molecule is CC(C(=O)O)N1CCN(C(=O)N(C)CCC#N)CC1. The van der Waals surface area contributed by atoms with E-state index in [-0.39, 0.29) is 6.03 Å². The Kier molecular flexibility index (Phi) is 5.57. The molecule has 0 aliphatic carbocycles. The van der Waals surface area contributed by atoms with Crippen molar-refractivity contribution in [1.82, 2.24) is 14.7 Å². The third kappa shape index (κ3) is 4.10. The van der Waals surface area contributed by atoms with Gasteiger partial charge in [0.15, 0.2) is 0 Å². The standard InChI is InChI=1S/C12H20N4O3/c1-10(11(17)18)15-6-8-16(9-7-15)12(19)14(2)5-3-4-13/h10H,3,5-9H2,1-2H3,(H,17,18). The summed E-state index contributed by atoms with van der Waals surface area (Å²) >= 11 is 0. The Morgan fingerprint density at radius 1 is 1.37 bits per heavy atom. The van der Waals surface area contributed by atoms with Gasteiger partial charge in [0.1, 0.15) is 6.04 Å². The van der Waals surface area contributed by atoms with Gasteiger partial charge in [0.2, 0.25) is 0 Å². The fourth-order valence-corrected chi connectivity index (χ4v) is 2.01. The predicted octanol–water partition coefficient (Wildman–Crippen LogP) is 0.0426. The van der Waals surface area contributed by atoms with Gasteiger partial charge < -0.3 is 14.9 Å². The van der Waals surface area contributed by atoms with Gasteiger partial charge in [-0.05, 0) is 6.92 Å². The molecule has 0 radical (unpaired) electrons. The minimum Gasteiger partial charge on any atom is -0.480 e. The van der Waals surface area contributed by atoms with Crippen molar-refractivity contribution in [2.24, 2.45) is 0 Å². The quantitative estimate of drug-likeness (QED) is 0.778. The van der Waals surface area contributed by atoms with Crippen LogP contribution in [0, 0.1) is 11.3 Å². The first-order valence-electron chi connectivity index (χ1n) is 6.31. The Balaban J connectivity index is 2.43. The summed E-state index contributed by atoms with van der Waals surface area (Å²) in [4.78, 5) is 28.0. The maximum atomic E-state index is 12.0. The number of hydrogen-bond acceptors (Lipinski definition) is 4. The van der Waals surface area contributed by atoms with Crippen LogP contribution in [0.5, 0.6) is 0 Å². The molecule has 0 aromatic heterocycles. The molecular weight excluding hydrogens is 248 g/mol. The topological polar surface area (TPSA) is 87.9 Å². The lowest BCUT2D eigenvalue weighted by Gasteiger charge is -2.38. The lowest BCUT2D eigenvalue weighted by atomic mass is 10.2. The Labute approximate surface area is 113 Å². The second kappa shape index (κ2) is 6.95. The van der Waals surface area contributed by atoms with Gasteiger partial charge in [0.05, 0.1) is 12.5 Å². The van der Waals surface area contributed by atoms with Crippen molar-refractivity contribution in [1.29, 1.82) is 5.26 Å². The van der Waals surface area contributed by atoms with Crippen LogP contribution < -0.4 is 0 Å². The van der Waals surface area contributed by atoms with E-state index in [0.29, 0.717) is 39.1 Å². The summed E-state index contributed by atoms with van der Waals surface area (Å²) < 4.78 is 0. The van der Waals surface area contributed by atoms with Gasteiger partial charge in [-0.1, -0.05) is 0 Å². The van der Waals surface area contributed by atoms with Crippen LogP contribution in [0.15, 0.2) is 0 Å². The lowest BCUT2D eigenvalue weighted by Crippen LogP contribution is -2.55. The minimum absolute atomic E-state index is 0.0992. The molecular formula is C12H20N4O3. The number of carbonyl (C=O) groups excluding carboxylic acids is 1. The number of carboxylic acids is 1. The third-order valence-corrected chi connectivity index (χ3v) is 3.38. The Bertz CT molecular complexity index is 372. The molecule has 1 N–H and O–H groups in total. The van der Waals surface area contributed by atoms with Crippen LogP contribution in [-0.2, 0) is 4.79 Å². The van der Waals surface area contributed by atoms with Gasteiger partial charge in [-0.15, -0.1) is 0 Å². The smallest absolute Gasteiger partial charge is 0.320 e. The zero-order valence-corrected chi connectivity index (χ0v) is 11.4. The summed E-state index contributed by atoms with van der Waals surface area (Å²) in [5.74, 6) is -0.842. The molecule has 106 valence electrons. The van der Waals surface area contributed by atoms with Crippen LogP contribution in [0.2, 0.25) is 0 Å². The molecule has 2 amide bonds. The maximum absolute atomic E-state index is 12.0. The average molecular weight is 268 g/mol. The highest BCUT2D eigenvalue weighted by Crippen LogP contribution is 2.08. The molecule has 0 aromatic carbocycles. The molecule has 1 atom stereocenters. The van der Waals surface area contributed by atoms with Crippen LogP contribution in [0.25, 0.3) is 0 Å². The predicted molar refractivity (Wildman–Crippen MR) is 68.5 cm³/mol. The van der Waals surface area contributed by atoms with Gasteiger partial charge in [-0.2, -0.15) is 5.26 Å². The molecule has 1 fully saturated rings. The fraction of sp³-hybridized carbons (Fsp3) is 0.750. The van der Waals surface area contributed by atoms with Crippen molar-refractivity contribution in [3.8, 4) is 6.07 Å². The van der Waals surface area contributed by atoms with Crippen LogP contribution in [-0.4, -0.2) is 77.6 Å². The highest BCUT2D eigenvalue weighted by atomic mass is 16.4. The molecule has 0 saturated carbocycles. The summed E-state index contributed by atoms with van der Waals surface area (Å²) in [5, 5.41) is 17.4. The minimum atomic E-state index is -0.842. The average Bonchev–Trinajstić information content (AvgIpc) is 2.43. The molecule has 1 heterocycles. The zero-order valence-electron chi connectivity index (χ0n) is 11.4. The molecule has 0 spiro atoms. The molecule has 1 aliphatic rings. The normalized spacial score (nSPS) is 17.6. The maximum Gasteiger partial charge on any atom is 0.320 e. The molecule has 0 bridgehead atoms. The summed E-state index contributed by atoms with van der Waals surface area (Å²) in [6, 6.07) is 1.39. The Hall–Kier alpha value is -1.81. The first kappa shape index (κ1) is 15.2. The highest BCUT2D eigenvalue weighted by molar-refractivity contribution is 5.75. The van der Waals surface area contributed by atoms with Crippen molar-refractivity contribution in [2.45, 2.75) is 19.4 Å². The number of carbonyl (C=O) groups is 2. The largest absolute Gasteiger partial charge is 0.480 e. The summed E-state index contributed by atoms with van der Waals surface area (Å²) in [5.41, 5.74) is 0. The van der Waals surface area contributed by atoms with E-state index in [9.17, 15) is 9.59 Å². The fourth-order valence-electron chi connectivity index (χ4n) is 2.01. The van der Waals surface area contributed by atoms with E-state index in [2.05, 4.69) is 0 Å². The molecule has 1 saturated heterocycles. The van der Waals surface area contributed by atoms with E-state index in [1.54, 1.807) is 18.9 Å². The van der Waals surface area contributed by atoms with E-state index in [1.807, 2.05) is 11.0 Å². The number of carboxylic acid groups (broad SMARTS) is 1. The van der Waals surface area contributed by atoms with Crippen molar-refractivity contribution in [3.05, 3.63) is 0 Å². The number of piperazine rings is 1. The number of nitrogens with zero attached hydrogens (tertiary/aromatic N) is 4. The molecule has 7 heteroatoms. The van der Waals surface area contributed by atoms with Crippen molar-refractivity contribution in [2.75, 3.05) is 39.8 Å². The monoisotopic (exact) mass is 268 g/mol. The lowest BCUT2D eigenvalue weighted by molar-refractivity contribution is -0.143. The van der Waals surface area contributed by atoms with Gasteiger partial charge >= 0.3 is 12.0 Å². The zero-order chi connectivity index (χ0) is 14.4. The molecule has 7 nitrogen and oxygen atoms in total. The molecule has 1 unspecified atom stereocenters. The van der Waals surface area contributed by atoms with Crippen LogP contribution in [0.3, 0.4) is 0 Å². The second-order valence-corrected chi connectivity index (χ2v) is 4.65. The van der Waals surface area contributed by atoms with E-state index in [1.165, 1.54) is 4.90 Å². The number of hydrogen-bond donors (Lipinski definition) is 1. The van der Waals surface area contributed by atoms with Crippen LogP contribution >= 0.6 is 0 Å². The number of aliphatic carboxylic acids is 1. The number of urea groups is 1. The molecule has 1 rings (SSSR count). The van der Waals surface area contributed by atoms with Crippen LogP contribution in [0.1, 0.15) is 13.3 Å². The van der Waals surface area contributed by atoms with Gasteiger partial charge in [0, 0.05) is 39.8 Å². The van der Waals surface area contributed by atoms with E-state index in [0.717, 1.165) is 0 Å². The number of nitriles is 1. The molecule has 1 aliphatic heterocycles. The van der Waals surface area contributed by atoms with Gasteiger partial charge in [-0.25, -0.2) is 4.79 Å². The first-order valence-corrected chi connectivity index (χ1v) is 6.31. The Morgan fingerprint density at radius 2 is 1.95 bits per heavy atom. The highest BCUT2D eigenvalue weighted by Gasteiger charge is 2.28. The Morgan fingerprint density at radius 3 is 2.42 bits per heavy atom. The number of amides is 2. The van der Waals surface area contributed by atoms with Crippen molar-refractivity contribution < 1.29 is 14.7 Å². The first-order chi connectivity index (χ1) is 8.97. The van der Waals surface area contributed by atoms with E-state index in [4.69, 9.17) is 10.4 Å². The molecule has 19 heavy (non-hydrogen) atoms. The van der Waals surface area contributed by atoms with E-state index < -0.39 is 12.0 Å². The molecule has 0 aromatic rings. The van der Waals surface area contributed by atoms with Crippen molar-refractivity contribution in [3.63, 3.8) is 0 Å². The summed E-state index contributed by atoms with van der Waals surface area (Å²) in [6.07, 6.45) is 0.318. The third-order valence-electron chi connectivity index (χ3n) is 3.38. The number of rotatable bonds is 4. The van der Waals surface area contributed by atoms with E-state index >= 15 is 0 Å². The van der Waals surface area contributed by atoms with Crippen molar-refractivity contribution >= 4 is 12.0 Å².